The predicted molar refractivity (Wildman–Crippen MR) is 66.7 cm³/mol. The largest absolute Gasteiger partial charge is 0.363 e. The third kappa shape index (κ3) is 4.58. The van der Waals surface area contributed by atoms with E-state index in [-0.39, 0.29) is 0 Å². The first-order valence-corrected chi connectivity index (χ1v) is 6.21. The summed E-state index contributed by atoms with van der Waals surface area (Å²) in [5.41, 5.74) is 1.29. The van der Waals surface area contributed by atoms with E-state index in [0.29, 0.717) is 0 Å². The summed E-state index contributed by atoms with van der Waals surface area (Å²) in [5, 5.41) is 11.3. The molecule has 2 N–H and O–H groups in total. The van der Waals surface area contributed by atoms with Crippen LogP contribution in [0.15, 0.2) is 16.8 Å². The number of nitrogens with one attached hydrogen (secondary N) is 2. The molecule has 0 spiro atoms. The lowest BCUT2D eigenvalue weighted by Gasteiger charge is -2.08. The van der Waals surface area contributed by atoms with E-state index in [4.69, 9.17) is 12.2 Å². The van der Waals surface area contributed by atoms with Crippen molar-refractivity contribution in [2.24, 2.45) is 0 Å². The topological polar surface area (TPSA) is 24.1 Å². The minimum absolute atomic E-state index is 0.754. The molecule has 1 aromatic heterocycles. The van der Waals surface area contributed by atoms with Gasteiger partial charge in [-0.05, 0) is 41.0 Å². The van der Waals surface area contributed by atoms with Crippen LogP contribution in [0, 0.1) is 0 Å². The first kappa shape index (κ1) is 11.5. The molecule has 0 fully saturated rings. The molecule has 1 aromatic rings. The van der Waals surface area contributed by atoms with E-state index < -0.39 is 0 Å². The molecule has 0 amide bonds. The van der Waals surface area contributed by atoms with Gasteiger partial charge in [-0.25, -0.2) is 0 Å². The van der Waals surface area contributed by atoms with Gasteiger partial charge in [0.05, 0.1) is 0 Å². The summed E-state index contributed by atoms with van der Waals surface area (Å²) in [5.74, 6) is 0. The lowest BCUT2D eigenvalue weighted by atomic mass is 10.3. The van der Waals surface area contributed by atoms with Crippen LogP contribution in [0.1, 0.15) is 25.3 Å². The molecule has 0 aliphatic heterocycles. The molecule has 0 atom stereocenters. The SMILES string of the molecule is CCCCNC(=S)NCc1ccsc1. The Kier molecular flexibility index (Phi) is 5.56. The van der Waals surface area contributed by atoms with Crippen LogP contribution in [0.4, 0.5) is 0 Å². The average Bonchev–Trinajstić information content (AvgIpc) is 2.68. The van der Waals surface area contributed by atoms with Crippen molar-refractivity contribution in [3.8, 4) is 0 Å². The van der Waals surface area contributed by atoms with E-state index in [9.17, 15) is 0 Å². The van der Waals surface area contributed by atoms with Gasteiger partial charge >= 0.3 is 0 Å². The molecular weight excluding hydrogens is 212 g/mol. The minimum Gasteiger partial charge on any atom is -0.363 e. The van der Waals surface area contributed by atoms with Crippen LogP contribution in [0.25, 0.3) is 0 Å². The minimum atomic E-state index is 0.754. The molecule has 78 valence electrons. The van der Waals surface area contributed by atoms with Crippen molar-refractivity contribution in [3.05, 3.63) is 22.4 Å². The molecule has 0 unspecified atom stereocenters. The van der Waals surface area contributed by atoms with Crippen molar-refractivity contribution in [1.29, 1.82) is 0 Å². The summed E-state index contributed by atoms with van der Waals surface area (Å²) in [6.07, 6.45) is 2.36. The highest BCUT2D eigenvalue weighted by atomic mass is 32.1. The highest BCUT2D eigenvalue weighted by molar-refractivity contribution is 7.80. The van der Waals surface area contributed by atoms with Crippen molar-refractivity contribution in [2.75, 3.05) is 6.54 Å². The fourth-order valence-electron chi connectivity index (χ4n) is 1.02. The van der Waals surface area contributed by atoms with Crippen molar-refractivity contribution in [2.45, 2.75) is 26.3 Å². The Hall–Kier alpha value is -0.610. The first-order chi connectivity index (χ1) is 6.83. The maximum Gasteiger partial charge on any atom is 0.166 e. The maximum atomic E-state index is 5.12. The van der Waals surface area contributed by atoms with Gasteiger partial charge in [0, 0.05) is 13.1 Å². The molecule has 0 saturated heterocycles. The van der Waals surface area contributed by atoms with E-state index in [1.807, 2.05) is 0 Å². The number of hydrogen-bond donors (Lipinski definition) is 2. The summed E-state index contributed by atoms with van der Waals surface area (Å²) < 4.78 is 0. The zero-order valence-corrected chi connectivity index (χ0v) is 10.0. The summed E-state index contributed by atoms with van der Waals surface area (Å²) in [6, 6.07) is 2.10. The number of hydrogen-bond acceptors (Lipinski definition) is 2. The highest BCUT2D eigenvalue weighted by Crippen LogP contribution is 2.04. The van der Waals surface area contributed by atoms with Crippen LogP contribution in [0.5, 0.6) is 0 Å². The summed E-state index contributed by atoms with van der Waals surface area (Å²) in [6.45, 7) is 3.96. The number of unbranched alkanes of at least 4 members (excludes halogenated alkanes) is 1. The highest BCUT2D eigenvalue weighted by Gasteiger charge is 1.95. The van der Waals surface area contributed by atoms with Crippen LogP contribution in [-0.4, -0.2) is 11.7 Å². The Morgan fingerprint density at radius 2 is 2.36 bits per heavy atom. The molecule has 2 nitrogen and oxygen atoms in total. The molecule has 1 heterocycles. The van der Waals surface area contributed by atoms with Gasteiger partial charge in [-0.15, -0.1) is 0 Å². The number of thiocarbonyl (C=S) groups is 1. The monoisotopic (exact) mass is 228 g/mol. The Morgan fingerprint density at radius 3 is 3.00 bits per heavy atom. The third-order valence-electron chi connectivity index (χ3n) is 1.85. The molecule has 0 bridgehead atoms. The van der Waals surface area contributed by atoms with Gasteiger partial charge < -0.3 is 10.6 Å². The molecule has 0 aromatic carbocycles. The van der Waals surface area contributed by atoms with E-state index in [1.165, 1.54) is 18.4 Å². The van der Waals surface area contributed by atoms with Gasteiger partial charge in [-0.2, -0.15) is 11.3 Å². The molecule has 0 aliphatic carbocycles. The average molecular weight is 228 g/mol. The smallest absolute Gasteiger partial charge is 0.166 e. The first-order valence-electron chi connectivity index (χ1n) is 4.85. The summed E-state index contributed by atoms with van der Waals surface area (Å²) in [7, 11) is 0. The quantitative estimate of drug-likeness (QED) is 0.598. The van der Waals surface area contributed by atoms with Gasteiger partial charge in [-0.3, -0.25) is 0 Å². The Bertz CT molecular complexity index is 257. The second-order valence-corrected chi connectivity index (χ2v) is 4.28. The molecular formula is C10H16N2S2. The normalized spacial score (nSPS) is 9.79. The second-order valence-electron chi connectivity index (χ2n) is 3.09. The molecule has 14 heavy (non-hydrogen) atoms. The van der Waals surface area contributed by atoms with Crippen molar-refractivity contribution >= 4 is 28.7 Å². The molecule has 0 radical (unpaired) electrons. The zero-order valence-electron chi connectivity index (χ0n) is 8.38. The maximum absolute atomic E-state index is 5.12. The lowest BCUT2D eigenvalue weighted by molar-refractivity contribution is 0.739. The Morgan fingerprint density at radius 1 is 1.50 bits per heavy atom. The fraction of sp³-hybridized carbons (Fsp3) is 0.500. The standard InChI is InChI=1S/C10H16N2S2/c1-2-3-5-11-10(13)12-7-9-4-6-14-8-9/h4,6,8H,2-3,5,7H2,1H3,(H2,11,12,13). The Labute approximate surface area is 94.7 Å². The molecule has 0 aliphatic rings. The van der Waals surface area contributed by atoms with Crippen molar-refractivity contribution < 1.29 is 0 Å². The predicted octanol–water partition coefficient (Wildman–Crippen LogP) is 2.51. The fourth-order valence-corrected chi connectivity index (χ4v) is 1.86. The van der Waals surface area contributed by atoms with E-state index in [2.05, 4.69) is 34.4 Å². The van der Waals surface area contributed by atoms with Crippen molar-refractivity contribution in [3.63, 3.8) is 0 Å². The summed E-state index contributed by atoms with van der Waals surface area (Å²) in [4.78, 5) is 0. The molecule has 4 heteroatoms. The zero-order chi connectivity index (χ0) is 10.2. The van der Waals surface area contributed by atoms with E-state index >= 15 is 0 Å². The molecule has 0 saturated carbocycles. The summed E-state index contributed by atoms with van der Waals surface area (Å²) >= 11 is 6.83. The van der Waals surface area contributed by atoms with Gasteiger partial charge in [0.15, 0.2) is 5.11 Å². The van der Waals surface area contributed by atoms with Crippen LogP contribution in [-0.2, 0) is 6.54 Å². The van der Waals surface area contributed by atoms with Crippen LogP contribution in [0.2, 0.25) is 0 Å². The van der Waals surface area contributed by atoms with Gasteiger partial charge in [0.25, 0.3) is 0 Å². The van der Waals surface area contributed by atoms with Crippen LogP contribution in [0.3, 0.4) is 0 Å². The molecule has 1 rings (SSSR count). The third-order valence-corrected chi connectivity index (χ3v) is 2.87. The van der Waals surface area contributed by atoms with Crippen molar-refractivity contribution in [1.82, 2.24) is 10.6 Å². The Balaban J connectivity index is 2.09. The van der Waals surface area contributed by atoms with Gasteiger partial charge in [0.2, 0.25) is 0 Å². The van der Waals surface area contributed by atoms with Crippen LogP contribution < -0.4 is 10.6 Å². The number of thiophene rings is 1. The van der Waals surface area contributed by atoms with Gasteiger partial charge in [0.1, 0.15) is 0 Å². The van der Waals surface area contributed by atoms with E-state index in [1.54, 1.807) is 11.3 Å². The number of rotatable bonds is 5. The second kappa shape index (κ2) is 6.79. The lowest BCUT2D eigenvalue weighted by Crippen LogP contribution is -2.35. The van der Waals surface area contributed by atoms with E-state index in [0.717, 1.165) is 18.2 Å². The van der Waals surface area contributed by atoms with Gasteiger partial charge in [-0.1, -0.05) is 13.3 Å². The van der Waals surface area contributed by atoms with Crippen LogP contribution >= 0.6 is 23.6 Å².